The Morgan fingerprint density at radius 2 is 1.86 bits per heavy atom. The van der Waals surface area contributed by atoms with Crippen LogP contribution in [0.5, 0.6) is 0 Å². The molecule has 6 nitrogen and oxygen atoms in total. The minimum Gasteiger partial charge on any atom is -0.379 e. The van der Waals surface area contributed by atoms with Crippen LogP contribution in [0.15, 0.2) is 47.4 Å². The minimum absolute atomic E-state index is 0.0495. The van der Waals surface area contributed by atoms with Crippen LogP contribution in [0.2, 0.25) is 5.02 Å². The fourth-order valence-electron chi connectivity index (χ4n) is 2.27. The van der Waals surface area contributed by atoms with Crippen molar-refractivity contribution in [3.05, 3.63) is 58.9 Å². The number of ether oxygens (including phenoxy) is 1. The number of benzene rings is 2. The summed E-state index contributed by atoms with van der Waals surface area (Å²) in [5.41, 5.74) is 0.251. The van der Waals surface area contributed by atoms with Gasteiger partial charge in [0.15, 0.2) is 0 Å². The molecule has 0 heterocycles. The Labute approximate surface area is 169 Å². The van der Waals surface area contributed by atoms with Crippen LogP contribution in [0.3, 0.4) is 0 Å². The van der Waals surface area contributed by atoms with E-state index >= 15 is 0 Å². The Morgan fingerprint density at radius 3 is 2.50 bits per heavy atom. The molecule has 2 N–H and O–H groups in total. The van der Waals surface area contributed by atoms with Gasteiger partial charge in [-0.3, -0.25) is 9.52 Å². The number of sulfonamides is 1. The van der Waals surface area contributed by atoms with Gasteiger partial charge in [-0.2, -0.15) is 0 Å². The lowest BCUT2D eigenvalue weighted by molar-refractivity contribution is 0.0757. The molecule has 0 spiro atoms. The molecule has 1 amide bonds. The molecule has 0 atom stereocenters. The van der Waals surface area contributed by atoms with E-state index in [1.807, 2.05) is 13.8 Å². The largest absolute Gasteiger partial charge is 0.379 e. The first-order valence-corrected chi connectivity index (χ1v) is 10.5. The van der Waals surface area contributed by atoms with E-state index in [4.69, 9.17) is 16.3 Å². The number of halogens is 2. The maximum atomic E-state index is 13.0. The molecule has 2 aromatic carbocycles. The van der Waals surface area contributed by atoms with Gasteiger partial charge >= 0.3 is 0 Å². The van der Waals surface area contributed by atoms with Crippen LogP contribution in [0.25, 0.3) is 0 Å². The summed E-state index contributed by atoms with van der Waals surface area (Å²) in [5.74, 6) is -0.958. The van der Waals surface area contributed by atoms with Gasteiger partial charge in [0.05, 0.1) is 21.6 Å². The van der Waals surface area contributed by atoms with Crippen molar-refractivity contribution in [2.24, 2.45) is 0 Å². The molecule has 0 unspecified atom stereocenters. The lowest BCUT2D eigenvalue weighted by Gasteiger charge is -2.11. The molecule has 0 bridgehead atoms. The summed E-state index contributed by atoms with van der Waals surface area (Å²) in [7, 11) is -3.97. The molecule has 0 fully saturated rings. The third kappa shape index (κ3) is 6.47. The van der Waals surface area contributed by atoms with E-state index in [1.165, 1.54) is 30.3 Å². The summed E-state index contributed by atoms with van der Waals surface area (Å²) in [4.78, 5) is 12.2. The number of carbonyl (C=O) groups excluding carboxylic acids is 1. The van der Waals surface area contributed by atoms with E-state index < -0.39 is 21.7 Å². The SMILES string of the molecule is CC(C)OCCCNC(=O)c1cc(S(=O)(=O)Nc2ccc(F)cc2)ccc1Cl. The van der Waals surface area contributed by atoms with Crippen molar-refractivity contribution in [2.75, 3.05) is 17.9 Å². The lowest BCUT2D eigenvalue weighted by Crippen LogP contribution is -2.26. The first-order valence-electron chi connectivity index (χ1n) is 8.67. The summed E-state index contributed by atoms with van der Waals surface area (Å²) in [6.07, 6.45) is 0.728. The third-order valence-corrected chi connectivity index (χ3v) is 5.36. The van der Waals surface area contributed by atoms with Gasteiger partial charge in [-0.1, -0.05) is 11.6 Å². The highest BCUT2D eigenvalue weighted by atomic mass is 35.5. The molecule has 0 aliphatic rings. The van der Waals surface area contributed by atoms with E-state index in [9.17, 15) is 17.6 Å². The van der Waals surface area contributed by atoms with Crippen LogP contribution in [0.4, 0.5) is 10.1 Å². The zero-order valence-electron chi connectivity index (χ0n) is 15.5. The van der Waals surface area contributed by atoms with E-state index in [0.29, 0.717) is 19.6 Å². The second-order valence-corrected chi connectivity index (χ2v) is 8.37. The molecule has 0 aromatic heterocycles. The van der Waals surface area contributed by atoms with Crippen LogP contribution >= 0.6 is 11.6 Å². The average molecular weight is 429 g/mol. The van der Waals surface area contributed by atoms with Crippen molar-refractivity contribution in [2.45, 2.75) is 31.3 Å². The summed E-state index contributed by atoms with van der Waals surface area (Å²) in [6, 6.07) is 8.72. The zero-order chi connectivity index (χ0) is 20.7. The molecule has 0 radical (unpaired) electrons. The molecular formula is C19H22ClFN2O4S. The van der Waals surface area contributed by atoms with E-state index in [0.717, 1.165) is 12.1 Å². The molecule has 2 aromatic rings. The van der Waals surface area contributed by atoms with Gasteiger partial charge in [0.1, 0.15) is 5.82 Å². The first kappa shape index (κ1) is 22.1. The number of hydrogen-bond donors (Lipinski definition) is 2. The van der Waals surface area contributed by atoms with Crippen LogP contribution in [0, 0.1) is 5.82 Å². The van der Waals surface area contributed by atoms with Crippen LogP contribution in [0.1, 0.15) is 30.6 Å². The predicted molar refractivity (Wildman–Crippen MR) is 107 cm³/mol. The highest BCUT2D eigenvalue weighted by Crippen LogP contribution is 2.22. The molecule has 152 valence electrons. The Hall–Kier alpha value is -2.16. The predicted octanol–water partition coefficient (Wildman–Crippen LogP) is 3.82. The molecule has 0 saturated carbocycles. The van der Waals surface area contributed by atoms with Crippen molar-refractivity contribution in [3.8, 4) is 0 Å². The number of amides is 1. The summed E-state index contributed by atoms with van der Waals surface area (Å²) in [6.45, 7) is 4.71. The van der Waals surface area contributed by atoms with Crippen molar-refractivity contribution in [1.82, 2.24) is 5.32 Å². The monoisotopic (exact) mass is 428 g/mol. The highest BCUT2D eigenvalue weighted by Gasteiger charge is 2.19. The van der Waals surface area contributed by atoms with E-state index in [2.05, 4.69) is 10.0 Å². The second kappa shape index (κ2) is 9.86. The number of hydrogen-bond acceptors (Lipinski definition) is 4. The van der Waals surface area contributed by atoms with Crippen LogP contribution in [-0.2, 0) is 14.8 Å². The molecule has 0 saturated heterocycles. The average Bonchev–Trinajstić information content (AvgIpc) is 2.63. The number of nitrogens with one attached hydrogen (secondary N) is 2. The smallest absolute Gasteiger partial charge is 0.261 e. The summed E-state index contributed by atoms with van der Waals surface area (Å²) < 4.78 is 45.8. The number of rotatable bonds is 9. The van der Waals surface area contributed by atoms with Gasteiger partial charge in [-0.15, -0.1) is 0 Å². The highest BCUT2D eigenvalue weighted by molar-refractivity contribution is 7.92. The number of anilines is 1. The molecular weight excluding hydrogens is 407 g/mol. The van der Waals surface area contributed by atoms with Gasteiger partial charge in [0.25, 0.3) is 15.9 Å². The van der Waals surface area contributed by atoms with Gasteiger partial charge in [0, 0.05) is 18.8 Å². The van der Waals surface area contributed by atoms with Crippen molar-refractivity contribution in [1.29, 1.82) is 0 Å². The molecule has 0 aliphatic heterocycles. The fourth-order valence-corrected chi connectivity index (χ4v) is 3.55. The fraction of sp³-hybridized carbons (Fsp3) is 0.316. The summed E-state index contributed by atoms with van der Waals surface area (Å²) in [5, 5.41) is 2.82. The standard InChI is InChI=1S/C19H22ClFN2O4S/c1-13(2)27-11-3-10-22-19(24)17-12-16(8-9-18(17)20)28(25,26)23-15-6-4-14(21)5-7-15/h4-9,12-13,23H,3,10-11H2,1-2H3,(H,22,24). The van der Waals surface area contributed by atoms with Crippen molar-refractivity contribution in [3.63, 3.8) is 0 Å². The van der Waals surface area contributed by atoms with Gasteiger partial charge in [-0.05, 0) is 62.7 Å². The van der Waals surface area contributed by atoms with E-state index in [1.54, 1.807) is 0 Å². The Morgan fingerprint density at radius 1 is 1.18 bits per heavy atom. The van der Waals surface area contributed by atoms with Crippen LogP contribution in [-0.4, -0.2) is 33.6 Å². The Bertz CT molecular complexity index is 918. The summed E-state index contributed by atoms with van der Waals surface area (Å²) >= 11 is 6.06. The Balaban J connectivity index is 2.08. The van der Waals surface area contributed by atoms with Gasteiger partial charge < -0.3 is 10.1 Å². The Kier molecular flexibility index (Phi) is 7.79. The van der Waals surface area contributed by atoms with Crippen molar-refractivity contribution >= 4 is 33.2 Å². The maximum Gasteiger partial charge on any atom is 0.261 e. The first-order chi connectivity index (χ1) is 13.2. The van der Waals surface area contributed by atoms with Gasteiger partial charge in [0.2, 0.25) is 0 Å². The normalized spacial score (nSPS) is 11.5. The minimum atomic E-state index is -3.97. The number of carbonyl (C=O) groups is 1. The molecule has 0 aliphatic carbocycles. The molecule has 28 heavy (non-hydrogen) atoms. The molecule has 2 rings (SSSR count). The topological polar surface area (TPSA) is 84.5 Å². The molecule has 9 heteroatoms. The third-order valence-electron chi connectivity index (χ3n) is 3.65. The zero-order valence-corrected chi connectivity index (χ0v) is 17.1. The quantitative estimate of drug-likeness (QED) is 0.594. The maximum absolute atomic E-state index is 13.0. The van der Waals surface area contributed by atoms with Crippen LogP contribution < -0.4 is 10.0 Å². The van der Waals surface area contributed by atoms with Gasteiger partial charge in [-0.25, -0.2) is 12.8 Å². The lowest BCUT2D eigenvalue weighted by atomic mass is 10.2. The second-order valence-electron chi connectivity index (χ2n) is 6.28. The van der Waals surface area contributed by atoms with E-state index in [-0.39, 0.29) is 27.3 Å². The van der Waals surface area contributed by atoms with Crippen molar-refractivity contribution < 1.29 is 22.3 Å².